The number of rotatable bonds is 4. The van der Waals surface area contributed by atoms with Crippen LogP contribution in [0.25, 0.3) is 16.8 Å². The molecule has 0 spiro atoms. The SMILES string of the molecule is CNCCC=Cc1ccc(O)c2ccccc12. The number of aromatic hydroxyl groups is 1. The molecule has 0 radical (unpaired) electrons. The Hall–Kier alpha value is -1.80. The van der Waals surface area contributed by atoms with Gasteiger partial charge < -0.3 is 10.4 Å². The third-order valence-corrected chi connectivity index (χ3v) is 2.79. The maximum atomic E-state index is 9.77. The molecule has 2 aromatic rings. The van der Waals surface area contributed by atoms with E-state index in [9.17, 15) is 5.11 Å². The minimum atomic E-state index is 0.341. The Bertz CT molecular complexity index is 531. The van der Waals surface area contributed by atoms with Crippen molar-refractivity contribution in [3.05, 3.63) is 48.0 Å². The first-order chi connectivity index (χ1) is 8.33. The molecular weight excluding hydrogens is 210 g/mol. The molecule has 0 fully saturated rings. The molecule has 2 aromatic carbocycles. The van der Waals surface area contributed by atoms with Gasteiger partial charge in [0.25, 0.3) is 0 Å². The van der Waals surface area contributed by atoms with Crippen LogP contribution in [-0.4, -0.2) is 18.7 Å². The van der Waals surface area contributed by atoms with Crippen molar-refractivity contribution in [1.82, 2.24) is 5.32 Å². The lowest BCUT2D eigenvalue weighted by Crippen LogP contribution is -2.05. The molecule has 17 heavy (non-hydrogen) atoms. The predicted octanol–water partition coefficient (Wildman–Crippen LogP) is 3.17. The molecule has 0 heterocycles. The summed E-state index contributed by atoms with van der Waals surface area (Å²) in [4.78, 5) is 0. The normalized spacial score (nSPS) is 11.4. The molecule has 0 aliphatic heterocycles. The summed E-state index contributed by atoms with van der Waals surface area (Å²) < 4.78 is 0. The van der Waals surface area contributed by atoms with Crippen LogP contribution in [0, 0.1) is 0 Å². The topological polar surface area (TPSA) is 32.3 Å². The predicted molar refractivity (Wildman–Crippen MR) is 73.2 cm³/mol. The van der Waals surface area contributed by atoms with Gasteiger partial charge in [-0.2, -0.15) is 0 Å². The fourth-order valence-electron chi connectivity index (χ4n) is 1.89. The summed E-state index contributed by atoms with van der Waals surface area (Å²) >= 11 is 0. The Balaban J connectivity index is 2.35. The average Bonchev–Trinajstić information content (AvgIpc) is 2.37. The standard InChI is InChI=1S/C15H17NO/c1-16-11-5-4-6-12-9-10-15(17)14-8-3-2-7-13(12)14/h2-4,6-10,16-17H,5,11H2,1H3. The minimum absolute atomic E-state index is 0.341. The second kappa shape index (κ2) is 5.51. The fraction of sp³-hybridized carbons (Fsp3) is 0.200. The van der Waals surface area contributed by atoms with Gasteiger partial charge >= 0.3 is 0 Å². The third-order valence-electron chi connectivity index (χ3n) is 2.79. The summed E-state index contributed by atoms with van der Waals surface area (Å²) in [5.41, 5.74) is 1.15. The molecule has 0 aliphatic carbocycles. The van der Waals surface area contributed by atoms with Gasteiger partial charge in [0.05, 0.1) is 0 Å². The van der Waals surface area contributed by atoms with Crippen molar-refractivity contribution in [2.75, 3.05) is 13.6 Å². The summed E-state index contributed by atoms with van der Waals surface area (Å²) in [5, 5.41) is 14.9. The molecule has 0 amide bonds. The maximum absolute atomic E-state index is 9.77. The van der Waals surface area contributed by atoms with Gasteiger partial charge in [0.2, 0.25) is 0 Å². The maximum Gasteiger partial charge on any atom is 0.123 e. The van der Waals surface area contributed by atoms with Crippen LogP contribution in [0.3, 0.4) is 0 Å². The van der Waals surface area contributed by atoms with Gasteiger partial charge in [-0.3, -0.25) is 0 Å². The molecular formula is C15H17NO. The molecule has 88 valence electrons. The lowest BCUT2D eigenvalue weighted by atomic mass is 10.0. The highest BCUT2D eigenvalue weighted by Gasteiger charge is 2.01. The molecule has 2 heteroatoms. The number of benzene rings is 2. The summed E-state index contributed by atoms with van der Waals surface area (Å²) in [6.45, 7) is 0.979. The van der Waals surface area contributed by atoms with E-state index in [0.29, 0.717) is 5.75 Å². The number of nitrogens with one attached hydrogen (secondary N) is 1. The summed E-state index contributed by atoms with van der Waals surface area (Å²) in [6.07, 6.45) is 5.26. The molecule has 0 aliphatic rings. The molecule has 2 nitrogen and oxygen atoms in total. The Morgan fingerprint density at radius 3 is 2.65 bits per heavy atom. The first-order valence-corrected chi connectivity index (χ1v) is 5.85. The van der Waals surface area contributed by atoms with Crippen LogP contribution in [0.2, 0.25) is 0 Å². The van der Waals surface area contributed by atoms with Gasteiger partial charge in [-0.05, 0) is 37.0 Å². The Kier molecular flexibility index (Phi) is 3.78. The van der Waals surface area contributed by atoms with E-state index in [1.807, 2.05) is 37.4 Å². The second-order valence-corrected chi connectivity index (χ2v) is 4.01. The zero-order chi connectivity index (χ0) is 12.1. The smallest absolute Gasteiger partial charge is 0.123 e. The zero-order valence-electron chi connectivity index (χ0n) is 9.98. The second-order valence-electron chi connectivity index (χ2n) is 4.01. The van der Waals surface area contributed by atoms with Gasteiger partial charge in [-0.15, -0.1) is 0 Å². The monoisotopic (exact) mass is 227 g/mol. The average molecular weight is 227 g/mol. The Labute approximate surface area is 102 Å². The fourth-order valence-corrected chi connectivity index (χ4v) is 1.89. The lowest BCUT2D eigenvalue weighted by molar-refractivity contribution is 0.481. The van der Waals surface area contributed by atoms with Gasteiger partial charge in [-0.1, -0.05) is 42.5 Å². The molecule has 2 rings (SSSR count). The summed E-state index contributed by atoms with van der Waals surface area (Å²) in [6, 6.07) is 11.6. The van der Waals surface area contributed by atoms with Crippen LogP contribution in [0.5, 0.6) is 5.75 Å². The molecule has 0 saturated heterocycles. The van der Waals surface area contributed by atoms with Gasteiger partial charge in [-0.25, -0.2) is 0 Å². The lowest BCUT2D eigenvalue weighted by Gasteiger charge is -2.04. The van der Waals surface area contributed by atoms with E-state index < -0.39 is 0 Å². The highest BCUT2D eigenvalue weighted by molar-refractivity contribution is 5.94. The van der Waals surface area contributed by atoms with E-state index in [2.05, 4.69) is 17.5 Å². The number of hydrogen-bond donors (Lipinski definition) is 2. The molecule has 2 N–H and O–H groups in total. The third kappa shape index (κ3) is 2.66. The van der Waals surface area contributed by atoms with Crippen molar-refractivity contribution < 1.29 is 5.11 Å². The highest BCUT2D eigenvalue weighted by Crippen LogP contribution is 2.28. The van der Waals surface area contributed by atoms with Crippen molar-refractivity contribution in [1.29, 1.82) is 0 Å². The van der Waals surface area contributed by atoms with Crippen LogP contribution in [-0.2, 0) is 0 Å². The van der Waals surface area contributed by atoms with Crippen LogP contribution < -0.4 is 5.32 Å². The van der Waals surface area contributed by atoms with Gasteiger partial charge in [0.1, 0.15) is 5.75 Å². The van der Waals surface area contributed by atoms with E-state index in [0.717, 1.165) is 29.3 Å². The molecule has 0 saturated carbocycles. The van der Waals surface area contributed by atoms with Crippen LogP contribution in [0.15, 0.2) is 42.5 Å². The van der Waals surface area contributed by atoms with Crippen molar-refractivity contribution >= 4 is 16.8 Å². The summed E-state index contributed by atoms with van der Waals surface area (Å²) in [7, 11) is 1.95. The number of phenols is 1. The van der Waals surface area contributed by atoms with Crippen molar-refractivity contribution in [3.8, 4) is 5.75 Å². The van der Waals surface area contributed by atoms with Crippen molar-refractivity contribution in [2.24, 2.45) is 0 Å². The Morgan fingerprint density at radius 2 is 1.88 bits per heavy atom. The number of fused-ring (bicyclic) bond motifs is 1. The van der Waals surface area contributed by atoms with E-state index in [4.69, 9.17) is 0 Å². The van der Waals surface area contributed by atoms with Gasteiger partial charge in [0.15, 0.2) is 0 Å². The minimum Gasteiger partial charge on any atom is -0.507 e. The first kappa shape index (κ1) is 11.7. The molecule has 0 unspecified atom stereocenters. The van der Waals surface area contributed by atoms with E-state index in [-0.39, 0.29) is 0 Å². The van der Waals surface area contributed by atoms with Crippen LogP contribution in [0.4, 0.5) is 0 Å². The molecule has 0 aromatic heterocycles. The van der Waals surface area contributed by atoms with Crippen molar-refractivity contribution in [3.63, 3.8) is 0 Å². The quantitative estimate of drug-likeness (QED) is 0.786. The number of hydrogen-bond acceptors (Lipinski definition) is 2. The van der Waals surface area contributed by atoms with Crippen LogP contribution in [0.1, 0.15) is 12.0 Å². The van der Waals surface area contributed by atoms with Crippen molar-refractivity contribution in [2.45, 2.75) is 6.42 Å². The van der Waals surface area contributed by atoms with E-state index >= 15 is 0 Å². The number of phenolic OH excluding ortho intramolecular Hbond substituents is 1. The molecule has 0 atom stereocenters. The summed E-state index contributed by atoms with van der Waals surface area (Å²) in [5.74, 6) is 0.341. The van der Waals surface area contributed by atoms with E-state index in [1.54, 1.807) is 6.07 Å². The first-order valence-electron chi connectivity index (χ1n) is 5.85. The van der Waals surface area contributed by atoms with Gasteiger partial charge in [0, 0.05) is 5.39 Å². The zero-order valence-corrected chi connectivity index (χ0v) is 9.98. The van der Waals surface area contributed by atoms with E-state index in [1.165, 1.54) is 0 Å². The largest absolute Gasteiger partial charge is 0.507 e. The highest BCUT2D eigenvalue weighted by atomic mass is 16.3. The molecule has 0 bridgehead atoms. The Morgan fingerprint density at radius 1 is 1.12 bits per heavy atom. The van der Waals surface area contributed by atoms with Crippen LogP contribution >= 0.6 is 0 Å².